The van der Waals surface area contributed by atoms with Gasteiger partial charge in [-0.25, -0.2) is 4.98 Å². The Morgan fingerprint density at radius 1 is 0.538 bits per heavy atom. The predicted molar refractivity (Wildman–Crippen MR) is 273 cm³/mol. The molecular weight excluding hydrogens is 793 g/mol. The fourth-order valence-electron chi connectivity index (χ4n) is 9.66. The van der Waals surface area contributed by atoms with Gasteiger partial charge in [-0.3, -0.25) is 4.57 Å². The van der Waals surface area contributed by atoms with Crippen LogP contribution < -0.4 is 14.5 Å². The van der Waals surface area contributed by atoms with Crippen molar-refractivity contribution in [2.75, 3.05) is 16.5 Å². The van der Waals surface area contributed by atoms with Gasteiger partial charge in [-0.2, -0.15) is 0 Å². The highest BCUT2D eigenvalue weighted by atomic mass is 16.5. The smallest absolute Gasteiger partial charge is 0.137 e. The van der Waals surface area contributed by atoms with E-state index in [1.807, 2.05) is 6.20 Å². The van der Waals surface area contributed by atoms with Crippen molar-refractivity contribution in [1.29, 1.82) is 0 Å². The fraction of sp³-hybridized carbons (Fsp3) is 0.217. The lowest BCUT2D eigenvalue weighted by atomic mass is 9.78. The van der Waals surface area contributed by atoms with Crippen molar-refractivity contribution in [3.8, 4) is 28.4 Å². The Labute approximate surface area is 384 Å². The maximum atomic E-state index is 7.09. The molecule has 9 aromatic rings. The van der Waals surface area contributed by atoms with Gasteiger partial charge in [-0.1, -0.05) is 133 Å². The third-order valence-corrected chi connectivity index (χ3v) is 13.6. The summed E-state index contributed by atoms with van der Waals surface area (Å²) in [6, 6.07) is 59.5. The summed E-state index contributed by atoms with van der Waals surface area (Å²) in [5.74, 6) is 2.76. The molecule has 10 rings (SSSR count). The van der Waals surface area contributed by atoms with Gasteiger partial charge in [0.1, 0.15) is 24.0 Å². The van der Waals surface area contributed by atoms with Gasteiger partial charge in [0.2, 0.25) is 0 Å². The number of hydrogen-bond donors (Lipinski definition) is 0. The summed E-state index contributed by atoms with van der Waals surface area (Å²) in [7, 11) is 0. The second-order valence-corrected chi connectivity index (χ2v) is 19.7. The van der Waals surface area contributed by atoms with Crippen LogP contribution >= 0.6 is 0 Å². The zero-order valence-corrected chi connectivity index (χ0v) is 39.1. The molecule has 0 spiro atoms. The molecule has 0 atom stereocenters. The lowest BCUT2D eigenvalue weighted by molar-refractivity contribution is 0.483. The van der Waals surface area contributed by atoms with Gasteiger partial charge < -0.3 is 14.5 Å². The first-order chi connectivity index (χ1) is 31.2. The number of aryl methyl sites for hydroxylation is 2. The second-order valence-electron chi connectivity index (χ2n) is 19.7. The van der Waals surface area contributed by atoms with Crippen molar-refractivity contribution in [3.63, 3.8) is 0 Å². The Morgan fingerprint density at radius 3 is 1.97 bits per heavy atom. The van der Waals surface area contributed by atoms with Gasteiger partial charge in [0.15, 0.2) is 0 Å². The van der Waals surface area contributed by atoms with Crippen LogP contribution in [0.5, 0.6) is 11.5 Å². The molecule has 324 valence electrons. The van der Waals surface area contributed by atoms with Crippen molar-refractivity contribution in [2.24, 2.45) is 0 Å². The molecule has 3 heterocycles. The zero-order valence-electron chi connectivity index (χ0n) is 39.1. The van der Waals surface area contributed by atoms with Crippen LogP contribution in [0.15, 0.2) is 170 Å². The highest BCUT2D eigenvalue weighted by Gasteiger charge is 2.31. The lowest BCUT2D eigenvalue weighted by Crippen LogP contribution is -2.24. The van der Waals surface area contributed by atoms with E-state index in [9.17, 15) is 0 Å². The van der Waals surface area contributed by atoms with Crippen LogP contribution in [0, 0.1) is 13.8 Å². The Kier molecular flexibility index (Phi) is 10.4. The lowest BCUT2D eigenvalue weighted by Gasteiger charge is -2.26. The summed E-state index contributed by atoms with van der Waals surface area (Å²) in [4.78, 5) is 9.93. The summed E-state index contributed by atoms with van der Waals surface area (Å²) >= 11 is 0. The van der Waals surface area contributed by atoms with Crippen LogP contribution in [0.4, 0.5) is 22.7 Å². The van der Waals surface area contributed by atoms with Crippen LogP contribution in [0.2, 0.25) is 0 Å². The first-order valence-corrected chi connectivity index (χ1v) is 23.0. The molecule has 0 fully saturated rings. The largest absolute Gasteiger partial charge is 0.457 e. The van der Waals surface area contributed by atoms with E-state index in [2.05, 4.69) is 240 Å². The van der Waals surface area contributed by atoms with Gasteiger partial charge in [-0.05, 0) is 136 Å². The quantitative estimate of drug-likeness (QED) is 0.145. The number of ether oxygens (including phenoxy) is 1. The maximum absolute atomic E-state index is 7.09. The van der Waals surface area contributed by atoms with E-state index in [4.69, 9.17) is 9.72 Å². The van der Waals surface area contributed by atoms with Crippen molar-refractivity contribution in [1.82, 2.24) is 9.55 Å². The highest BCUT2D eigenvalue weighted by Crippen LogP contribution is 2.48. The average molecular weight is 851 g/mol. The predicted octanol–water partition coefficient (Wildman–Crippen LogP) is 16.2. The van der Waals surface area contributed by atoms with Gasteiger partial charge in [-0.15, -0.1) is 0 Å². The maximum Gasteiger partial charge on any atom is 0.137 e. The molecule has 0 N–H and O–H groups in total. The van der Waals surface area contributed by atoms with Gasteiger partial charge in [0.25, 0.3) is 0 Å². The molecule has 0 radical (unpaired) electrons. The number of nitrogens with zero attached hydrogens (tertiary/aromatic N) is 4. The van der Waals surface area contributed by atoms with E-state index in [0.717, 1.165) is 45.0 Å². The van der Waals surface area contributed by atoms with Gasteiger partial charge in [0, 0.05) is 45.9 Å². The molecule has 0 aliphatic carbocycles. The third kappa shape index (κ3) is 7.63. The van der Waals surface area contributed by atoms with Crippen LogP contribution in [-0.2, 0) is 10.8 Å². The summed E-state index contributed by atoms with van der Waals surface area (Å²) in [6.07, 6.45) is 1.94. The summed E-state index contributed by atoms with van der Waals surface area (Å²) in [6.45, 7) is 21.1. The summed E-state index contributed by atoms with van der Waals surface area (Å²) < 4.78 is 9.38. The summed E-state index contributed by atoms with van der Waals surface area (Å²) in [5.41, 5.74) is 16.6. The monoisotopic (exact) mass is 850 g/mol. The molecule has 1 aliphatic rings. The molecule has 0 saturated carbocycles. The van der Waals surface area contributed by atoms with Crippen molar-refractivity contribution < 1.29 is 4.74 Å². The molecule has 0 saturated heterocycles. The molecule has 2 aromatic heterocycles. The second kappa shape index (κ2) is 16.2. The third-order valence-electron chi connectivity index (χ3n) is 13.6. The minimum Gasteiger partial charge on any atom is -0.457 e. The number of benzene rings is 7. The van der Waals surface area contributed by atoms with Gasteiger partial charge in [0.05, 0.1) is 22.4 Å². The molecule has 65 heavy (non-hydrogen) atoms. The number of para-hydroxylation sites is 1. The minimum atomic E-state index is -0.218. The number of rotatable bonds is 9. The normalized spacial score (nSPS) is 13.0. The van der Waals surface area contributed by atoms with Crippen molar-refractivity contribution >= 4 is 44.6 Å². The number of anilines is 4. The van der Waals surface area contributed by atoms with E-state index in [-0.39, 0.29) is 10.8 Å². The first-order valence-electron chi connectivity index (χ1n) is 23.0. The number of hydrogen-bond acceptors (Lipinski definition) is 4. The first kappa shape index (κ1) is 41.9. The minimum absolute atomic E-state index is 0.0308. The van der Waals surface area contributed by atoms with E-state index in [1.54, 1.807) is 0 Å². The Bertz CT molecular complexity index is 3240. The standard InChI is InChI=1S/C60H58N4O/c1-39(2)50-22-13-14-23-51(50)42-32-47(63-38-62(56-30-40(3)41(4)31-57(56)63)46-21-17-20-44(34-46)59(5,6)7)36-49(33-42)65-48-26-27-53-52-24-15-16-25-54(52)64(55(53)37-48)58-35-45(28-29-61-58)60(8,9)43-18-11-10-12-19-43/h10-37,39H,38H2,1-9H3. The van der Waals surface area contributed by atoms with E-state index in [1.165, 1.54) is 61.4 Å². The highest BCUT2D eigenvalue weighted by molar-refractivity contribution is 6.09. The Hall–Kier alpha value is -7.11. The van der Waals surface area contributed by atoms with Crippen LogP contribution in [-0.4, -0.2) is 16.2 Å². The zero-order chi connectivity index (χ0) is 45.2. The molecule has 5 nitrogen and oxygen atoms in total. The molecule has 7 aromatic carbocycles. The molecule has 1 aliphatic heterocycles. The molecular formula is C60H58N4O. The Balaban J connectivity index is 1.10. The molecule has 0 unspecified atom stereocenters. The topological polar surface area (TPSA) is 33.5 Å². The van der Waals surface area contributed by atoms with Crippen LogP contribution in [0.25, 0.3) is 38.8 Å². The van der Waals surface area contributed by atoms with Crippen molar-refractivity contribution in [2.45, 2.75) is 79.1 Å². The number of pyridine rings is 1. The molecule has 5 heteroatoms. The number of aromatic nitrogens is 2. The Morgan fingerprint density at radius 2 is 1.22 bits per heavy atom. The van der Waals surface area contributed by atoms with E-state index < -0.39 is 0 Å². The molecule has 0 bridgehead atoms. The van der Waals surface area contributed by atoms with Crippen LogP contribution in [0.1, 0.15) is 87.8 Å². The molecule has 0 amide bonds. The van der Waals surface area contributed by atoms with Crippen molar-refractivity contribution in [3.05, 3.63) is 203 Å². The SMILES string of the molecule is Cc1cc2c(cc1C)N(c1cccc(C(C)(C)C)c1)CN2c1cc(Oc2ccc3c4ccccc4n(-c4cc(C(C)(C)c5ccccc5)ccn4)c3c2)cc(-c2ccccc2C(C)C)c1. The van der Waals surface area contributed by atoms with E-state index in [0.29, 0.717) is 12.6 Å². The van der Waals surface area contributed by atoms with E-state index >= 15 is 0 Å². The van der Waals surface area contributed by atoms with Crippen LogP contribution in [0.3, 0.4) is 0 Å². The average Bonchev–Trinajstić information content (AvgIpc) is 3.84. The fourth-order valence-corrected chi connectivity index (χ4v) is 9.66. The summed E-state index contributed by atoms with van der Waals surface area (Å²) in [5, 5.41) is 2.33. The van der Waals surface area contributed by atoms with Gasteiger partial charge >= 0.3 is 0 Å². The number of fused-ring (bicyclic) bond motifs is 4.